The lowest BCUT2D eigenvalue weighted by Gasteiger charge is -2.22. The maximum atomic E-state index is 12.1. The lowest BCUT2D eigenvalue weighted by molar-refractivity contribution is 0.496. The van der Waals surface area contributed by atoms with Crippen LogP contribution in [0.5, 0.6) is 0 Å². The zero-order valence-corrected chi connectivity index (χ0v) is 9.91. The molecule has 1 aliphatic heterocycles. The first kappa shape index (κ1) is 11.5. The molecule has 2 rings (SSSR count). The zero-order chi connectivity index (χ0) is 11.4. The van der Waals surface area contributed by atoms with Crippen molar-refractivity contribution in [2.75, 3.05) is 13.1 Å². The topological polar surface area (TPSA) is 59.1 Å². The molecular formula is C11H16N2O2S. The highest BCUT2D eigenvalue weighted by molar-refractivity contribution is 7.91. The molecular weight excluding hydrogens is 224 g/mol. The van der Waals surface area contributed by atoms with Gasteiger partial charge in [0.15, 0.2) is 9.84 Å². The van der Waals surface area contributed by atoms with E-state index in [1.54, 1.807) is 18.3 Å². The van der Waals surface area contributed by atoms with E-state index in [4.69, 9.17) is 0 Å². The summed E-state index contributed by atoms with van der Waals surface area (Å²) in [7, 11) is -3.06. The number of hydrogen-bond acceptors (Lipinski definition) is 4. The zero-order valence-electron chi connectivity index (χ0n) is 9.09. The van der Waals surface area contributed by atoms with Crippen LogP contribution >= 0.6 is 0 Å². The van der Waals surface area contributed by atoms with Gasteiger partial charge < -0.3 is 5.32 Å². The third-order valence-corrected chi connectivity index (χ3v) is 4.95. The first-order valence-electron chi connectivity index (χ1n) is 5.51. The molecule has 1 aromatic rings. The van der Waals surface area contributed by atoms with Crippen molar-refractivity contribution in [2.45, 2.75) is 23.8 Å². The SMILES string of the molecule is O=S(=O)(Cc1ccccn1)[C@@H]1CCCNC1. The molecule has 0 aliphatic carbocycles. The molecule has 1 aliphatic rings. The number of aromatic nitrogens is 1. The minimum atomic E-state index is -3.06. The number of nitrogens with one attached hydrogen (secondary N) is 1. The van der Waals surface area contributed by atoms with Gasteiger partial charge in [-0.1, -0.05) is 6.07 Å². The Bertz CT molecular complexity index is 425. The average Bonchev–Trinajstić information content (AvgIpc) is 2.31. The lowest BCUT2D eigenvalue weighted by atomic mass is 10.2. The highest BCUT2D eigenvalue weighted by atomic mass is 32.2. The molecule has 0 saturated carbocycles. The Balaban J connectivity index is 2.08. The highest BCUT2D eigenvalue weighted by Crippen LogP contribution is 2.15. The summed E-state index contributed by atoms with van der Waals surface area (Å²) in [5.41, 5.74) is 0.632. The van der Waals surface area contributed by atoms with Gasteiger partial charge in [-0.3, -0.25) is 4.98 Å². The van der Waals surface area contributed by atoms with Crippen LogP contribution in [0.4, 0.5) is 0 Å². The number of rotatable bonds is 3. The van der Waals surface area contributed by atoms with Crippen molar-refractivity contribution in [2.24, 2.45) is 0 Å². The van der Waals surface area contributed by atoms with Gasteiger partial charge in [0.1, 0.15) is 0 Å². The average molecular weight is 240 g/mol. The van der Waals surface area contributed by atoms with Crippen molar-refractivity contribution in [3.8, 4) is 0 Å². The summed E-state index contributed by atoms with van der Waals surface area (Å²) in [6.07, 6.45) is 3.33. The molecule has 4 nitrogen and oxygen atoms in total. The van der Waals surface area contributed by atoms with E-state index in [0.29, 0.717) is 12.2 Å². The number of pyridine rings is 1. The van der Waals surface area contributed by atoms with Crippen LogP contribution in [0.1, 0.15) is 18.5 Å². The van der Waals surface area contributed by atoms with Crippen LogP contribution in [0.3, 0.4) is 0 Å². The number of piperidine rings is 1. The molecule has 1 aromatic heterocycles. The van der Waals surface area contributed by atoms with Gasteiger partial charge in [-0.15, -0.1) is 0 Å². The van der Waals surface area contributed by atoms with Crippen LogP contribution in [-0.4, -0.2) is 31.7 Å². The summed E-state index contributed by atoms with van der Waals surface area (Å²) in [5, 5.41) is 2.88. The van der Waals surface area contributed by atoms with E-state index in [0.717, 1.165) is 19.4 Å². The Hall–Kier alpha value is -0.940. The Kier molecular flexibility index (Phi) is 3.56. The Morgan fingerprint density at radius 1 is 1.44 bits per heavy atom. The summed E-state index contributed by atoms with van der Waals surface area (Å²) >= 11 is 0. The quantitative estimate of drug-likeness (QED) is 0.847. The summed E-state index contributed by atoms with van der Waals surface area (Å²) in [4.78, 5) is 4.06. The molecule has 0 bridgehead atoms. The van der Waals surface area contributed by atoms with Crippen LogP contribution < -0.4 is 5.32 Å². The third-order valence-electron chi connectivity index (χ3n) is 2.83. The van der Waals surface area contributed by atoms with E-state index < -0.39 is 9.84 Å². The number of sulfone groups is 1. The molecule has 0 spiro atoms. The van der Waals surface area contributed by atoms with Crippen LogP contribution in [0.25, 0.3) is 0 Å². The molecule has 1 atom stereocenters. The van der Waals surface area contributed by atoms with Gasteiger partial charge in [0, 0.05) is 12.7 Å². The molecule has 0 aromatic carbocycles. The summed E-state index contributed by atoms with van der Waals surface area (Å²) < 4.78 is 24.2. The predicted octanol–water partition coefficient (Wildman–Crippen LogP) is 0.748. The van der Waals surface area contributed by atoms with Gasteiger partial charge in [-0.05, 0) is 31.5 Å². The Morgan fingerprint density at radius 2 is 2.31 bits per heavy atom. The number of nitrogens with zero attached hydrogens (tertiary/aromatic N) is 1. The fourth-order valence-corrected chi connectivity index (χ4v) is 3.65. The van der Waals surface area contributed by atoms with E-state index in [1.807, 2.05) is 6.07 Å². The predicted molar refractivity (Wildman–Crippen MR) is 62.8 cm³/mol. The Labute approximate surface area is 96.0 Å². The van der Waals surface area contributed by atoms with Gasteiger partial charge in [-0.25, -0.2) is 8.42 Å². The second-order valence-corrected chi connectivity index (χ2v) is 6.38. The molecule has 0 amide bonds. The summed E-state index contributed by atoms with van der Waals surface area (Å²) in [5.74, 6) is 0.0557. The molecule has 5 heteroatoms. The normalized spacial score (nSPS) is 21.9. The van der Waals surface area contributed by atoms with Gasteiger partial charge in [0.05, 0.1) is 16.7 Å². The van der Waals surface area contributed by atoms with E-state index in [9.17, 15) is 8.42 Å². The molecule has 1 N–H and O–H groups in total. The van der Waals surface area contributed by atoms with Crippen molar-refractivity contribution in [1.82, 2.24) is 10.3 Å². The van der Waals surface area contributed by atoms with E-state index >= 15 is 0 Å². The molecule has 0 unspecified atom stereocenters. The maximum absolute atomic E-state index is 12.1. The maximum Gasteiger partial charge on any atom is 0.160 e. The smallest absolute Gasteiger partial charge is 0.160 e. The fourth-order valence-electron chi connectivity index (χ4n) is 1.93. The first-order chi connectivity index (χ1) is 7.68. The molecule has 1 fully saturated rings. The van der Waals surface area contributed by atoms with Gasteiger partial charge >= 0.3 is 0 Å². The van der Waals surface area contributed by atoms with Crippen LogP contribution in [0.2, 0.25) is 0 Å². The third kappa shape index (κ3) is 2.80. The molecule has 2 heterocycles. The van der Waals surface area contributed by atoms with E-state index in [-0.39, 0.29) is 11.0 Å². The molecule has 1 saturated heterocycles. The van der Waals surface area contributed by atoms with Crippen LogP contribution in [0.15, 0.2) is 24.4 Å². The highest BCUT2D eigenvalue weighted by Gasteiger charge is 2.27. The summed E-state index contributed by atoms with van der Waals surface area (Å²) in [6, 6.07) is 5.36. The number of hydrogen-bond donors (Lipinski definition) is 1. The van der Waals surface area contributed by atoms with E-state index in [2.05, 4.69) is 10.3 Å². The Morgan fingerprint density at radius 3 is 2.94 bits per heavy atom. The van der Waals surface area contributed by atoms with Crippen molar-refractivity contribution in [3.63, 3.8) is 0 Å². The van der Waals surface area contributed by atoms with Gasteiger partial charge in [0.2, 0.25) is 0 Å². The van der Waals surface area contributed by atoms with Gasteiger partial charge in [-0.2, -0.15) is 0 Å². The minimum Gasteiger partial charge on any atom is -0.315 e. The van der Waals surface area contributed by atoms with Gasteiger partial charge in [0.25, 0.3) is 0 Å². The van der Waals surface area contributed by atoms with Crippen molar-refractivity contribution >= 4 is 9.84 Å². The van der Waals surface area contributed by atoms with Crippen LogP contribution in [-0.2, 0) is 15.6 Å². The second-order valence-electron chi connectivity index (χ2n) is 4.10. The fraction of sp³-hybridized carbons (Fsp3) is 0.545. The van der Waals surface area contributed by atoms with Crippen molar-refractivity contribution in [1.29, 1.82) is 0 Å². The van der Waals surface area contributed by atoms with E-state index in [1.165, 1.54) is 0 Å². The second kappa shape index (κ2) is 4.93. The largest absolute Gasteiger partial charge is 0.315 e. The summed E-state index contributed by atoms with van der Waals surface area (Å²) in [6.45, 7) is 1.50. The molecule has 88 valence electrons. The van der Waals surface area contributed by atoms with Crippen molar-refractivity contribution in [3.05, 3.63) is 30.1 Å². The van der Waals surface area contributed by atoms with Crippen molar-refractivity contribution < 1.29 is 8.42 Å². The monoisotopic (exact) mass is 240 g/mol. The first-order valence-corrected chi connectivity index (χ1v) is 7.22. The van der Waals surface area contributed by atoms with Crippen LogP contribution in [0, 0.1) is 0 Å². The standard InChI is InChI=1S/C11H16N2O2S/c14-16(15,11-5-3-6-12-8-11)9-10-4-1-2-7-13-10/h1-2,4,7,11-12H,3,5-6,8-9H2/t11-/m1/s1. The lowest BCUT2D eigenvalue weighted by Crippen LogP contribution is -2.39. The minimum absolute atomic E-state index is 0.0557. The molecule has 16 heavy (non-hydrogen) atoms. The molecule has 0 radical (unpaired) electrons.